The van der Waals surface area contributed by atoms with Crippen molar-refractivity contribution in [1.82, 2.24) is 9.78 Å². The number of hydrogen-bond acceptors (Lipinski definition) is 2. The summed E-state index contributed by atoms with van der Waals surface area (Å²) in [6, 6.07) is 4.81. The van der Waals surface area contributed by atoms with Gasteiger partial charge in [0.1, 0.15) is 5.82 Å². The van der Waals surface area contributed by atoms with Gasteiger partial charge in [-0.05, 0) is 44.5 Å². The molecule has 0 bridgehead atoms. The highest BCUT2D eigenvalue weighted by Gasteiger charge is 2.15. The van der Waals surface area contributed by atoms with Crippen molar-refractivity contribution in [3.05, 3.63) is 51.0 Å². The summed E-state index contributed by atoms with van der Waals surface area (Å²) in [5, 5.41) is 4.48. The van der Waals surface area contributed by atoms with Crippen molar-refractivity contribution in [2.24, 2.45) is 5.73 Å². The van der Waals surface area contributed by atoms with Crippen LogP contribution in [0.2, 0.25) is 0 Å². The first-order valence-corrected chi connectivity index (χ1v) is 6.92. The van der Waals surface area contributed by atoms with Gasteiger partial charge in [-0.25, -0.2) is 4.39 Å². The zero-order valence-corrected chi connectivity index (χ0v) is 12.8. The van der Waals surface area contributed by atoms with E-state index < -0.39 is 0 Å². The monoisotopic (exact) mass is 325 g/mol. The SMILES string of the molecule is Cc1nn(Cc2cc(F)cc(Br)c2)c(C)c1C(C)N. The fraction of sp³-hybridized carbons (Fsp3) is 0.357. The standard InChI is InChI=1S/C14H17BrFN3/c1-8(17)14-9(2)18-19(10(14)3)7-11-4-12(15)6-13(16)5-11/h4-6,8H,7,17H2,1-3H3. The molecule has 1 atom stereocenters. The molecule has 0 spiro atoms. The number of aryl methyl sites for hydroxylation is 1. The van der Waals surface area contributed by atoms with Gasteiger partial charge in [-0.1, -0.05) is 15.9 Å². The molecule has 3 nitrogen and oxygen atoms in total. The van der Waals surface area contributed by atoms with Crippen LogP contribution in [-0.2, 0) is 6.54 Å². The van der Waals surface area contributed by atoms with Crippen LogP contribution in [0.4, 0.5) is 4.39 Å². The van der Waals surface area contributed by atoms with E-state index in [1.165, 1.54) is 12.1 Å². The molecule has 0 fully saturated rings. The van der Waals surface area contributed by atoms with Crippen LogP contribution in [0.1, 0.15) is 35.5 Å². The summed E-state index contributed by atoms with van der Waals surface area (Å²) in [6.45, 7) is 6.42. The molecule has 1 aromatic heterocycles. The summed E-state index contributed by atoms with van der Waals surface area (Å²) in [7, 11) is 0. The maximum absolute atomic E-state index is 13.4. The minimum atomic E-state index is -0.252. The van der Waals surface area contributed by atoms with E-state index in [9.17, 15) is 4.39 Å². The molecule has 19 heavy (non-hydrogen) atoms. The van der Waals surface area contributed by atoms with Crippen molar-refractivity contribution in [1.29, 1.82) is 0 Å². The molecule has 0 radical (unpaired) electrons. The van der Waals surface area contributed by atoms with Gasteiger partial charge in [-0.15, -0.1) is 0 Å². The average Bonchev–Trinajstić information content (AvgIpc) is 2.52. The van der Waals surface area contributed by atoms with Crippen molar-refractivity contribution < 1.29 is 4.39 Å². The molecule has 0 amide bonds. The van der Waals surface area contributed by atoms with Crippen LogP contribution in [0.3, 0.4) is 0 Å². The Morgan fingerprint density at radius 2 is 2.05 bits per heavy atom. The number of benzene rings is 1. The van der Waals surface area contributed by atoms with Crippen molar-refractivity contribution >= 4 is 15.9 Å². The molecule has 0 aliphatic carbocycles. The van der Waals surface area contributed by atoms with E-state index in [2.05, 4.69) is 21.0 Å². The van der Waals surface area contributed by atoms with Crippen molar-refractivity contribution in [3.63, 3.8) is 0 Å². The van der Waals surface area contributed by atoms with Gasteiger partial charge in [-0.2, -0.15) is 5.10 Å². The molecule has 5 heteroatoms. The third kappa shape index (κ3) is 3.04. The van der Waals surface area contributed by atoms with Crippen LogP contribution >= 0.6 is 15.9 Å². The first-order chi connectivity index (χ1) is 8.88. The molecule has 2 aromatic rings. The van der Waals surface area contributed by atoms with Crippen LogP contribution < -0.4 is 5.73 Å². The maximum Gasteiger partial charge on any atom is 0.124 e. The lowest BCUT2D eigenvalue weighted by Crippen LogP contribution is -2.09. The summed E-state index contributed by atoms with van der Waals surface area (Å²) < 4.78 is 16.0. The number of halogens is 2. The summed E-state index contributed by atoms with van der Waals surface area (Å²) in [6.07, 6.45) is 0. The molecule has 0 saturated carbocycles. The van der Waals surface area contributed by atoms with Crippen molar-refractivity contribution in [2.75, 3.05) is 0 Å². The lowest BCUT2D eigenvalue weighted by molar-refractivity contribution is 0.614. The lowest BCUT2D eigenvalue weighted by Gasteiger charge is -2.08. The molecule has 102 valence electrons. The van der Waals surface area contributed by atoms with Gasteiger partial charge in [0.25, 0.3) is 0 Å². The topological polar surface area (TPSA) is 43.8 Å². The normalized spacial score (nSPS) is 12.7. The van der Waals surface area contributed by atoms with E-state index >= 15 is 0 Å². The van der Waals surface area contributed by atoms with Crippen molar-refractivity contribution in [2.45, 2.75) is 33.4 Å². The Labute approximate surface area is 120 Å². The highest BCUT2D eigenvalue weighted by molar-refractivity contribution is 9.10. The number of nitrogens with zero attached hydrogens (tertiary/aromatic N) is 2. The molecular formula is C14H17BrFN3. The average molecular weight is 326 g/mol. The van der Waals surface area contributed by atoms with E-state index in [0.717, 1.165) is 27.0 Å². The van der Waals surface area contributed by atoms with E-state index in [-0.39, 0.29) is 11.9 Å². The summed E-state index contributed by atoms with van der Waals surface area (Å²) in [5.41, 5.74) is 9.85. The Hall–Kier alpha value is -1.20. The second-order valence-electron chi connectivity index (χ2n) is 4.81. The highest BCUT2D eigenvalue weighted by atomic mass is 79.9. The minimum Gasteiger partial charge on any atom is -0.324 e. The molecule has 2 N–H and O–H groups in total. The van der Waals surface area contributed by atoms with Crippen molar-refractivity contribution in [3.8, 4) is 0 Å². The summed E-state index contributed by atoms with van der Waals surface area (Å²) >= 11 is 3.30. The molecule has 1 heterocycles. The Kier molecular flexibility index (Phi) is 4.06. The zero-order chi connectivity index (χ0) is 14.2. The fourth-order valence-electron chi connectivity index (χ4n) is 2.40. The number of nitrogens with two attached hydrogens (primary N) is 1. The van der Waals surface area contributed by atoms with Gasteiger partial charge in [0.15, 0.2) is 0 Å². The quantitative estimate of drug-likeness (QED) is 0.939. The molecule has 1 unspecified atom stereocenters. The predicted octanol–water partition coefficient (Wildman–Crippen LogP) is 3.47. The van der Waals surface area contributed by atoms with Gasteiger partial charge in [-0.3, -0.25) is 4.68 Å². The van der Waals surface area contributed by atoms with E-state index in [1.54, 1.807) is 0 Å². The highest BCUT2D eigenvalue weighted by Crippen LogP contribution is 2.21. The van der Waals surface area contributed by atoms with Crippen LogP contribution in [-0.4, -0.2) is 9.78 Å². The van der Waals surface area contributed by atoms with Gasteiger partial charge in [0.2, 0.25) is 0 Å². The fourth-order valence-corrected chi connectivity index (χ4v) is 2.91. The second-order valence-corrected chi connectivity index (χ2v) is 5.72. The van der Waals surface area contributed by atoms with E-state index in [1.807, 2.05) is 31.5 Å². The molecule has 0 aliphatic heterocycles. The van der Waals surface area contributed by atoms with Crippen LogP contribution in [0, 0.1) is 19.7 Å². The van der Waals surface area contributed by atoms with E-state index in [0.29, 0.717) is 6.54 Å². The zero-order valence-electron chi connectivity index (χ0n) is 11.2. The number of rotatable bonds is 3. The third-order valence-electron chi connectivity index (χ3n) is 3.15. The Morgan fingerprint density at radius 1 is 1.37 bits per heavy atom. The van der Waals surface area contributed by atoms with Gasteiger partial charge < -0.3 is 5.73 Å². The molecular weight excluding hydrogens is 309 g/mol. The largest absolute Gasteiger partial charge is 0.324 e. The predicted molar refractivity (Wildman–Crippen MR) is 77.5 cm³/mol. The summed E-state index contributed by atoms with van der Waals surface area (Å²) in [5.74, 6) is -0.252. The molecule has 0 saturated heterocycles. The number of hydrogen-bond donors (Lipinski definition) is 1. The van der Waals surface area contributed by atoms with E-state index in [4.69, 9.17) is 5.73 Å². The van der Waals surface area contributed by atoms with Crippen LogP contribution in [0.15, 0.2) is 22.7 Å². The van der Waals surface area contributed by atoms with Crippen LogP contribution in [0.5, 0.6) is 0 Å². The first kappa shape index (κ1) is 14.2. The van der Waals surface area contributed by atoms with Gasteiger partial charge in [0, 0.05) is 21.8 Å². The minimum absolute atomic E-state index is 0.0482. The Bertz CT molecular complexity index is 585. The molecule has 0 aliphatic rings. The lowest BCUT2D eigenvalue weighted by atomic mass is 10.1. The molecule has 1 aromatic carbocycles. The van der Waals surface area contributed by atoms with Crippen LogP contribution in [0.25, 0.3) is 0 Å². The second kappa shape index (κ2) is 5.43. The van der Waals surface area contributed by atoms with Gasteiger partial charge >= 0.3 is 0 Å². The first-order valence-electron chi connectivity index (χ1n) is 6.13. The maximum atomic E-state index is 13.4. The molecule has 2 rings (SSSR count). The Balaban J connectivity index is 2.36. The smallest absolute Gasteiger partial charge is 0.124 e. The summed E-state index contributed by atoms with van der Waals surface area (Å²) in [4.78, 5) is 0. The van der Waals surface area contributed by atoms with Gasteiger partial charge in [0.05, 0.1) is 12.2 Å². The Morgan fingerprint density at radius 3 is 2.58 bits per heavy atom. The third-order valence-corrected chi connectivity index (χ3v) is 3.61. The number of aromatic nitrogens is 2.